The molecule has 0 aliphatic rings. The number of halogens is 4. The molecule has 7 nitrogen and oxygen atoms in total. The fourth-order valence-corrected chi connectivity index (χ4v) is 5.31. The van der Waals surface area contributed by atoms with Crippen molar-refractivity contribution in [2.45, 2.75) is 24.9 Å². The van der Waals surface area contributed by atoms with Gasteiger partial charge in [-0.3, -0.25) is 9.10 Å². The molecule has 0 saturated carbocycles. The van der Waals surface area contributed by atoms with E-state index in [-0.39, 0.29) is 22.0 Å². The zero-order valence-corrected chi connectivity index (χ0v) is 21.9. The van der Waals surface area contributed by atoms with Crippen molar-refractivity contribution in [1.29, 1.82) is 0 Å². The van der Waals surface area contributed by atoms with Crippen LogP contribution >= 0.6 is 11.6 Å². The second-order valence-corrected chi connectivity index (χ2v) is 10.4. The average Bonchev–Trinajstić information content (AvgIpc) is 2.81. The second-order valence-electron chi connectivity index (χ2n) is 8.11. The molecule has 0 bridgehead atoms. The predicted octanol–water partition coefficient (Wildman–Crippen LogP) is 5.83. The third kappa shape index (κ3) is 6.47. The lowest BCUT2D eigenvalue weighted by atomic mass is 10.1. The Morgan fingerprint density at radius 1 is 0.946 bits per heavy atom. The zero-order chi connectivity index (χ0) is 27.5. The van der Waals surface area contributed by atoms with Crippen LogP contribution in [0.2, 0.25) is 5.02 Å². The molecule has 198 valence electrons. The molecule has 1 amide bonds. The average molecular weight is 557 g/mol. The minimum absolute atomic E-state index is 0.161. The summed E-state index contributed by atoms with van der Waals surface area (Å²) in [5.41, 5.74) is 0.377. The summed E-state index contributed by atoms with van der Waals surface area (Å²) in [7, 11) is -1.58. The molecule has 0 aliphatic heterocycles. The minimum atomic E-state index is -4.74. The molecule has 0 aliphatic carbocycles. The molecular weight excluding hydrogens is 533 g/mol. The number of rotatable bonds is 8. The first-order chi connectivity index (χ1) is 17.3. The maximum atomic E-state index is 13.7. The van der Waals surface area contributed by atoms with Crippen LogP contribution in [0.25, 0.3) is 0 Å². The number of aryl methyl sites for hydroxylation is 2. The van der Waals surface area contributed by atoms with E-state index in [4.69, 9.17) is 21.1 Å². The van der Waals surface area contributed by atoms with Crippen molar-refractivity contribution >= 4 is 38.9 Å². The van der Waals surface area contributed by atoms with E-state index in [1.165, 1.54) is 38.5 Å². The molecule has 3 aromatic rings. The van der Waals surface area contributed by atoms with E-state index in [0.29, 0.717) is 11.8 Å². The van der Waals surface area contributed by atoms with Crippen LogP contribution in [0.5, 0.6) is 11.5 Å². The van der Waals surface area contributed by atoms with Gasteiger partial charge in [0.25, 0.3) is 10.0 Å². The van der Waals surface area contributed by atoms with Gasteiger partial charge < -0.3 is 14.8 Å². The SMILES string of the molecule is COc1ccc(S(=O)(=O)N(CC(=O)Nc2ccc(Cl)c(C(F)(F)F)c2)c2cc(C)cc(C)c2)cc1OC. The topological polar surface area (TPSA) is 84.9 Å². The Bertz CT molecular complexity index is 1410. The summed E-state index contributed by atoms with van der Waals surface area (Å²) >= 11 is 5.65. The van der Waals surface area contributed by atoms with Crippen LogP contribution in [0, 0.1) is 13.8 Å². The molecule has 0 unspecified atom stereocenters. The van der Waals surface area contributed by atoms with Crippen molar-refractivity contribution in [3.63, 3.8) is 0 Å². The van der Waals surface area contributed by atoms with Gasteiger partial charge in [-0.15, -0.1) is 0 Å². The third-order valence-electron chi connectivity index (χ3n) is 5.28. The van der Waals surface area contributed by atoms with Gasteiger partial charge in [0.05, 0.1) is 35.4 Å². The summed E-state index contributed by atoms with van der Waals surface area (Å²) in [6.45, 7) is 2.82. The molecule has 0 aromatic heterocycles. The van der Waals surface area contributed by atoms with E-state index in [9.17, 15) is 26.4 Å². The molecule has 0 heterocycles. The van der Waals surface area contributed by atoms with Crippen LogP contribution in [0.3, 0.4) is 0 Å². The van der Waals surface area contributed by atoms with Gasteiger partial charge in [0.15, 0.2) is 11.5 Å². The summed E-state index contributed by atoms with van der Waals surface area (Å²) < 4.78 is 78.4. The molecule has 1 N–H and O–H groups in total. The fraction of sp³-hybridized carbons (Fsp3) is 0.240. The molecule has 3 aromatic carbocycles. The smallest absolute Gasteiger partial charge is 0.417 e. The molecule has 0 atom stereocenters. The number of carbonyl (C=O) groups excluding carboxylic acids is 1. The monoisotopic (exact) mass is 556 g/mol. The highest BCUT2D eigenvalue weighted by molar-refractivity contribution is 7.92. The van der Waals surface area contributed by atoms with Gasteiger partial charge in [0.1, 0.15) is 6.54 Å². The second kappa shape index (κ2) is 10.9. The van der Waals surface area contributed by atoms with E-state index < -0.39 is 39.2 Å². The van der Waals surface area contributed by atoms with Crippen LogP contribution in [0.1, 0.15) is 16.7 Å². The lowest BCUT2D eigenvalue weighted by Gasteiger charge is -2.25. The van der Waals surface area contributed by atoms with Crippen molar-refractivity contribution in [3.8, 4) is 11.5 Å². The number of methoxy groups -OCH3 is 2. The summed E-state index contributed by atoms with van der Waals surface area (Å²) in [4.78, 5) is 12.8. The molecule has 0 fully saturated rings. The number of benzene rings is 3. The van der Waals surface area contributed by atoms with Gasteiger partial charge >= 0.3 is 6.18 Å². The largest absolute Gasteiger partial charge is 0.493 e. The zero-order valence-electron chi connectivity index (χ0n) is 20.3. The summed E-state index contributed by atoms with van der Waals surface area (Å²) in [6.07, 6.45) is -4.74. The molecule has 12 heteroatoms. The number of nitrogens with zero attached hydrogens (tertiary/aromatic N) is 1. The van der Waals surface area contributed by atoms with Gasteiger partial charge in [0.2, 0.25) is 5.91 Å². The highest BCUT2D eigenvalue weighted by Crippen LogP contribution is 2.36. The lowest BCUT2D eigenvalue weighted by Crippen LogP contribution is -2.38. The van der Waals surface area contributed by atoms with Crippen molar-refractivity contribution in [2.75, 3.05) is 30.4 Å². The lowest BCUT2D eigenvalue weighted by molar-refractivity contribution is -0.137. The van der Waals surface area contributed by atoms with Crippen LogP contribution in [0.15, 0.2) is 59.5 Å². The quantitative estimate of drug-likeness (QED) is 0.377. The third-order valence-corrected chi connectivity index (χ3v) is 7.38. The van der Waals surface area contributed by atoms with Gasteiger partial charge in [0, 0.05) is 11.8 Å². The number of alkyl halides is 3. The highest BCUT2D eigenvalue weighted by Gasteiger charge is 2.34. The normalized spacial score (nSPS) is 11.7. The van der Waals surface area contributed by atoms with Crippen molar-refractivity contribution in [3.05, 3.63) is 76.3 Å². The van der Waals surface area contributed by atoms with Crippen molar-refractivity contribution in [2.24, 2.45) is 0 Å². The molecule has 0 radical (unpaired) electrons. The van der Waals surface area contributed by atoms with Crippen molar-refractivity contribution < 1.29 is 35.9 Å². The number of anilines is 2. The standard InChI is InChI=1S/C25H24ClF3N2O5S/c1-15-9-16(2)11-18(10-15)31(37(33,34)19-6-8-22(35-3)23(13-19)36-4)14-24(32)30-17-5-7-21(26)20(12-17)25(27,28)29/h5-13H,14H2,1-4H3,(H,30,32). The van der Waals surface area contributed by atoms with Gasteiger partial charge in [-0.05, 0) is 67.4 Å². The Hall–Kier alpha value is -3.44. The summed E-state index contributed by atoms with van der Waals surface area (Å²) in [5, 5.41) is 1.80. The van der Waals surface area contributed by atoms with Crippen molar-refractivity contribution in [1.82, 2.24) is 0 Å². The summed E-state index contributed by atoms with van der Waals surface area (Å²) in [5.74, 6) is -0.395. The first-order valence-corrected chi connectivity index (χ1v) is 12.6. The number of ether oxygens (including phenoxy) is 2. The maximum absolute atomic E-state index is 13.7. The van der Waals surface area contributed by atoms with E-state index in [1.807, 2.05) is 6.07 Å². The first kappa shape index (κ1) is 28.1. The van der Waals surface area contributed by atoms with Gasteiger partial charge in [-0.2, -0.15) is 13.2 Å². The molecule has 0 saturated heterocycles. The number of nitrogens with one attached hydrogen (secondary N) is 1. The Balaban J connectivity index is 2.02. The summed E-state index contributed by atoms with van der Waals surface area (Å²) in [6, 6.07) is 11.9. The maximum Gasteiger partial charge on any atom is 0.417 e. The van der Waals surface area contributed by atoms with Gasteiger partial charge in [-0.25, -0.2) is 8.42 Å². The molecule has 0 spiro atoms. The predicted molar refractivity (Wildman–Crippen MR) is 135 cm³/mol. The first-order valence-electron chi connectivity index (χ1n) is 10.8. The van der Waals surface area contributed by atoms with Crippen LogP contribution < -0.4 is 19.1 Å². The number of sulfonamides is 1. The van der Waals surface area contributed by atoms with Crippen LogP contribution in [-0.4, -0.2) is 35.1 Å². The highest BCUT2D eigenvalue weighted by atomic mass is 35.5. The van der Waals surface area contributed by atoms with E-state index in [0.717, 1.165) is 21.5 Å². The number of carbonyl (C=O) groups is 1. The fourth-order valence-electron chi connectivity index (χ4n) is 3.67. The van der Waals surface area contributed by atoms with Gasteiger partial charge in [-0.1, -0.05) is 17.7 Å². The number of hydrogen-bond acceptors (Lipinski definition) is 5. The van der Waals surface area contributed by atoms with E-state index >= 15 is 0 Å². The van der Waals surface area contributed by atoms with E-state index in [1.54, 1.807) is 26.0 Å². The number of hydrogen-bond donors (Lipinski definition) is 1. The Morgan fingerprint density at radius 2 is 1.57 bits per heavy atom. The van der Waals surface area contributed by atoms with Crippen LogP contribution in [-0.2, 0) is 21.0 Å². The Labute approximate surface area is 217 Å². The Morgan fingerprint density at radius 3 is 2.14 bits per heavy atom. The van der Waals surface area contributed by atoms with E-state index in [2.05, 4.69) is 5.32 Å². The van der Waals surface area contributed by atoms with Crippen LogP contribution in [0.4, 0.5) is 24.5 Å². The number of amides is 1. The molecular formula is C25H24ClF3N2O5S. The molecule has 37 heavy (non-hydrogen) atoms. The Kier molecular flexibility index (Phi) is 8.28. The minimum Gasteiger partial charge on any atom is -0.493 e. The molecule has 3 rings (SSSR count).